The third kappa shape index (κ3) is 11.9. The molecule has 5 N–H and O–H groups in total. The van der Waals surface area contributed by atoms with E-state index in [1.165, 1.54) is 31.4 Å². The lowest BCUT2D eigenvalue weighted by Gasteiger charge is -2.25. The Morgan fingerprint density at radius 3 is 1.62 bits per heavy atom. The van der Waals surface area contributed by atoms with Gasteiger partial charge in [0.1, 0.15) is 23.9 Å². The van der Waals surface area contributed by atoms with Gasteiger partial charge < -0.3 is 25.2 Å². The zero-order chi connectivity index (χ0) is 37.8. The summed E-state index contributed by atoms with van der Waals surface area (Å²) in [6.45, 7) is 0. The maximum atomic E-state index is 14.0. The smallest absolute Gasteiger partial charge is 0.467 e. The van der Waals surface area contributed by atoms with Gasteiger partial charge in [-0.1, -0.05) is 115 Å². The van der Waals surface area contributed by atoms with Gasteiger partial charge in [0.15, 0.2) is 0 Å². The van der Waals surface area contributed by atoms with Crippen molar-refractivity contribution in [3.05, 3.63) is 150 Å². The Kier molecular flexibility index (Phi) is 13.1. The van der Waals surface area contributed by atoms with Gasteiger partial charge in [0.25, 0.3) is 0 Å². The van der Waals surface area contributed by atoms with Crippen molar-refractivity contribution in [1.29, 1.82) is 0 Å². The van der Waals surface area contributed by atoms with Crippen LogP contribution < -0.4 is 20.5 Å². The van der Waals surface area contributed by atoms with E-state index in [1.54, 1.807) is 24.3 Å². The van der Waals surface area contributed by atoms with Gasteiger partial charge in [-0.05, 0) is 45.2 Å². The largest absolute Gasteiger partial charge is 0.524 e. The molecule has 5 rings (SSSR count). The molecule has 12 nitrogen and oxygen atoms in total. The molecule has 5 aromatic rings. The number of amides is 3. The number of esters is 1. The minimum absolute atomic E-state index is 0.0323. The first kappa shape index (κ1) is 38.4. The fourth-order valence-electron chi connectivity index (χ4n) is 5.84. The summed E-state index contributed by atoms with van der Waals surface area (Å²) in [5.74, 6) is -2.46. The minimum Gasteiger partial charge on any atom is -0.467 e. The quantitative estimate of drug-likeness (QED) is 0.0733. The topological polar surface area (TPSA) is 180 Å². The van der Waals surface area contributed by atoms with E-state index < -0.39 is 43.7 Å². The van der Waals surface area contributed by atoms with Crippen LogP contribution in [0.1, 0.15) is 22.3 Å². The van der Waals surface area contributed by atoms with Crippen LogP contribution in [0.2, 0.25) is 0 Å². The summed E-state index contributed by atoms with van der Waals surface area (Å²) < 4.78 is 20.7. The van der Waals surface area contributed by atoms with Crippen molar-refractivity contribution < 1.29 is 42.8 Å². The van der Waals surface area contributed by atoms with Gasteiger partial charge in [-0.2, -0.15) is 0 Å². The maximum absolute atomic E-state index is 14.0. The van der Waals surface area contributed by atoms with Crippen molar-refractivity contribution in [1.82, 2.24) is 16.0 Å². The Balaban J connectivity index is 1.35. The average Bonchev–Trinajstić information content (AvgIpc) is 3.14. The first-order valence-electron chi connectivity index (χ1n) is 16.8. The summed E-state index contributed by atoms with van der Waals surface area (Å²) in [4.78, 5) is 72.4. The van der Waals surface area contributed by atoms with Crippen LogP contribution in [-0.2, 0) is 54.2 Å². The first-order chi connectivity index (χ1) is 25.5. The van der Waals surface area contributed by atoms with Crippen LogP contribution >= 0.6 is 7.82 Å². The van der Waals surface area contributed by atoms with Crippen LogP contribution in [0.15, 0.2) is 127 Å². The van der Waals surface area contributed by atoms with Crippen LogP contribution in [0.4, 0.5) is 0 Å². The number of hydrogen-bond acceptors (Lipinski definition) is 7. The second-order valence-corrected chi connectivity index (χ2v) is 13.6. The lowest BCUT2D eigenvalue weighted by Crippen LogP contribution is -2.57. The van der Waals surface area contributed by atoms with E-state index in [-0.39, 0.29) is 37.3 Å². The van der Waals surface area contributed by atoms with Gasteiger partial charge in [0, 0.05) is 19.3 Å². The highest BCUT2D eigenvalue weighted by Gasteiger charge is 2.31. The molecule has 274 valence electrons. The van der Waals surface area contributed by atoms with Crippen molar-refractivity contribution in [2.24, 2.45) is 0 Å². The standard InChI is InChI=1S/C40H40N3O9P/c1-51-40(47)36(25-29-17-20-33(21-18-29)52-53(48,49)50)43-39(46)35(24-28-12-6-3-7-13-28)42-38(45)34(23-27-10-4-2-5-11-27)41-37(44)26-30-16-19-31-14-8-9-15-32(31)22-30/h2-22,34-36H,23-26H2,1H3,(H,41,44)(H,42,45)(H,43,46)(H2,48,49,50)/t34-,35-,36-/m1/s1. The van der Waals surface area contributed by atoms with E-state index in [4.69, 9.17) is 14.5 Å². The number of carbonyl (C=O) groups excluding carboxylic acids is 4. The molecule has 0 aliphatic carbocycles. The monoisotopic (exact) mass is 737 g/mol. The Morgan fingerprint density at radius 1 is 0.585 bits per heavy atom. The number of phosphoric acid groups is 1. The highest BCUT2D eigenvalue weighted by Crippen LogP contribution is 2.37. The second-order valence-electron chi connectivity index (χ2n) is 12.4. The zero-order valence-corrected chi connectivity index (χ0v) is 29.8. The van der Waals surface area contributed by atoms with Gasteiger partial charge in [-0.25, -0.2) is 9.36 Å². The molecule has 0 fully saturated rings. The SMILES string of the molecule is COC(=O)[C@@H](Cc1ccc(OP(=O)(O)O)cc1)NC(=O)[C@@H](Cc1ccccc1)NC(=O)[C@@H](Cc1ccccc1)NC(=O)Cc1ccc2ccccc2c1. The summed E-state index contributed by atoms with van der Waals surface area (Å²) in [6, 6.07) is 34.0. The molecule has 0 aliphatic heterocycles. The third-order valence-corrected chi connectivity index (χ3v) is 8.87. The predicted molar refractivity (Wildman–Crippen MR) is 199 cm³/mol. The molecule has 0 unspecified atom stereocenters. The van der Waals surface area contributed by atoms with Crippen LogP contribution in [0.25, 0.3) is 10.8 Å². The Morgan fingerprint density at radius 2 is 1.06 bits per heavy atom. The Bertz CT molecular complexity index is 2070. The van der Waals surface area contributed by atoms with E-state index in [0.29, 0.717) is 5.56 Å². The fourth-order valence-corrected chi connectivity index (χ4v) is 6.23. The molecule has 0 saturated heterocycles. The Labute approximate surface area is 306 Å². The molecule has 53 heavy (non-hydrogen) atoms. The lowest BCUT2D eigenvalue weighted by atomic mass is 10.0. The van der Waals surface area contributed by atoms with Crippen molar-refractivity contribution in [2.45, 2.75) is 43.8 Å². The number of phosphoric ester groups is 1. The number of hydrogen-bond donors (Lipinski definition) is 5. The van der Waals surface area contributed by atoms with Crippen molar-refractivity contribution in [3.63, 3.8) is 0 Å². The highest BCUT2D eigenvalue weighted by atomic mass is 31.2. The molecular weight excluding hydrogens is 697 g/mol. The number of fused-ring (bicyclic) bond motifs is 1. The normalized spacial score (nSPS) is 12.9. The number of carbonyl (C=O) groups is 4. The predicted octanol–water partition coefficient (Wildman–Crippen LogP) is 4.21. The summed E-state index contributed by atoms with van der Waals surface area (Å²) >= 11 is 0. The Hall–Kier alpha value is -5.81. The van der Waals surface area contributed by atoms with E-state index in [9.17, 15) is 23.7 Å². The molecule has 3 amide bonds. The molecular formula is C40H40N3O9P. The lowest BCUT2D eigenvalue weighted by molar-refractivity contribution is -0.145. The van der Waals surface area contributed by atoms with Gasteiger partial charge in [-0.3, -0.25) is 24.2 Å². The summed E-state index contributed by atoms with van der Waals surface area (Å²) in [6.07, 6.45) is 0.221. The number of benzene rings is 5. The summed E-state index contributed by atoms with van der Waals surface area (Å²) in [7, 11) is -3.59. The molecule has 0 bridgehead atoms. The van der Waals surface area contributed by atoms with E-state index in [2.05, 4.69) is 20.5 Å². The number of methoxy groups -OCH3 is 1. The molecule has 0 heterocycles. The van der Waals surface area contributed by atoms with Crippen LogP contribution in [-0.4, -0.2) is 58.7 Å². The van der Waals surface area contributed by atoms with E-state index in [0.717, 1.165) is 27.5 Å². The van der Waals surface area contributed by atoms with Crippen molar-refractivity contribution >= 4 is 42.3 Å². The van der Waals surface area contributed by atoms with Crippen LogP contribution in [0.3, 0.4) is 0 Å². The molecule has 0 radical (unpaired) electrons. The third-order valence-electron chi connectivity index (χ3n) is 8.42. The maximum Gasteiger partial charge on any atom is 0.524 e. The van der Waals surface area contributed by atoms with Crippen LogP contribution in [0, 0.1) is 0 Å². The zero-order valence-electron chi connectivity index (χ0n) is 28.9. The molecule has 0 spiro atoms. The van der Waals surface area contributed by atoms with Crippen molar-refractivity contribution in [2.75, 3.05) is 7.11 Å². The molecule has 0 aliphatic rings. The minimum atomic E-state index is -4.77. The highest BCUT2D eigenvalue weighted by molar-refractivity contribution is 7.46. The summed E-state index contributed by atoms with van der Waals surface area (Å²) in [5.41, 5.74) is 2.84. The molecule has 0 saturated carbocycles. The number of rotatable bonds is 16. The van der Waals surface area contributed by atoms with E-state index >= 15 is 0 Å². The fraction of sp³-hybridized carbons (Fsp3) is 0.200. The van der Waals surface area contributed by atoms with Gasteiger partial charge in [0.2, 0.25) is 17.7 Å². The molecule has 0 aromatic heterocycles. The number of ether oxygens (including phenoxy) is 1. The van der Waals surface area contributed by atoms with Gasteiger partial charge >= 0.3 is 13.8 Å². The molecule has 5 aromatic carbocycles. The van der Waals surface area contributed by atoms with Gasteiger partial charge in [0.05, 0.1) is 13.5 Å². The van der Waals surface area contributed by atoms with E-state index in [1.807, 2.05) is 78.9 Å². The summed E-state index contributed by atoms with van der Waals surface area (Å²) in [5, 5.41) is 10.4. The van der Waals surface area contributed by atoms with Crippen LogP contribution in [0.5, 0.6) is 5.75 Å². The molecule has 13 heteroatoms. The average molecular weight is 738 g/mol. The second kappa shape index (κ2) is 18.1. The first-order valence-corrected chi connectivity index (χ1v) is 18.4. The number of nitrogens with one attached hydrogen (secondary N) is 3. The molecule has 3 atom stereocenters. The van der Waals surface area contributed by atoms with Crippen molar-refractivity contribution in [3.8, 4) is 5.75 Å². The van der Waals surface area contributed by atoms with Gasteiger partial charge in [-0.15, -0.1) is 0 Å².